The number of carbonyl (C=O) groups excluding carboxylic acids is 2. The fourth-order valence-corrected chi connectivity index (χ4v) is 5.30. The third-order valence-electron chi connectivity index (χ3n) is 6.97. The van der Waals surface area contributed by atoms with Gasteiger partial charge in [0.05, 0.1) is 0 Å². The molecule has 2 unspecified atom stereocenters. The van der Waals surface area contributed by atoms with Crippen molar-refractivity contribution >= 4 is 56.9 Å². The number of hydrogen-bond donors (Lipinski definition) is 4. The molecule has 4 N–H and O–H groups in total. The number of hydrogen-bond acceptors (Lipinski definition) is 8. The van der Waals surface area contributed by atoms with E-state index in [2.05, 4.69) is 62.0 Å². The van der Waals surface area contributed by atoms with E-state index in [-0.39, 0.29) is 23.7 Å². The van der Waals surface area contributed by atoms with Crippen LogP contribution in [0.4, 0.5) is 23.3 Å². The fraction of sp³-hybridized carbons (Fsp3) is 0.379. The predicted octanol–water partition coefficient (Wildman–Crippen LogP) is 5.40. The molecule has 2 atom stereocenters. The van der Waals surface area contributed by atoms with Crippen LogP contribution in [0.3, 0.4) is 0 Å². The second kappa shape index (κ2) is 11.2. The number of amides is 2. The third kappa shape index (κ3) is 5.19. The molecule has 6 heterocycles. The molecular formula is C29H34N8O2. The monoisotopic (exact) mass is 526 g/mol. The zero-order chi connectivity index (χ0) is 27.5. The molecule has 0 saturated heterocycles. The SMILES string of the molecule is CCCNc1nc2c(c3cccnc13)C(C)CC(=O)N2.CCNc1nc2c(c3cccnc13)C(C)CC(=O)N2. The first-order valence-electron chi connectivity index (χ1n) is 13.6. The van der Waals surface area contributed by atoms with Crippen LogP contribution in [0.5, 0.6) is 0 Å². The molecular weight excluding hydrogens is 492 g/mol. The van der Waals surface area contributed by atoms with Gasteiger partial charge in [-0.25, -0.2) is 9.97 Å². The van der Waals surface area contributed by atoms with Crippen LogP contribution >= 0.6 is 0 Å². The minimum atomic E-state index is 0.0261. The summed E-state index contributed by atoms with van der Waals surface area (Å²) in [6.45, 7) is 9.83. The molecule has 2 amide bonds. The molecule has 0 saturated carbocycles. The normalized spacial score (nSPS) is 17.8. The quantitative estimate of drug-likeness (QED) is 0.271. The van der Waals surface area contributed by atoms with E-state index in [0.29, 0.717) is 24.5 Å². The third-order valence-corrected chi connectivity index (χ3v) is 6.97. The molecule has 0 bridgehead atoms. The van der Waals surface area contributed by atoms with Gasteiger partial charge in [0.15, 0.2) is 11.6 Å². The zero-order valence-electron chi connectivity index (χ0n) is 22.8. The highest BCUT2D eigenvalue weighted by Crippen LogP contribution is 2.39. The number of nitrogens with zero attached hydrogens (tertiary/aromatic N) is 4. The standard InChI is InChI=1S/C15H18N4O.C14H16N4O/c1-3-6-17-15-13-10(5-4-7-16-13)12-9(2)8-11(20)18-14(12)19-15;1-3-15-14-12-9(5-4-6-16-12)11-8(2)7-10(19)17-13(11)18-14/h4-5,7,9H,3,6,8H2,1-2H3,(H2,17,18,19,20);4-6,8H,3,7H2,1-2H3,(H2,15,17,18,19). The van der Waals surface area contributed by atoms with Crippen LogP contribution in [0.1, 0.15) is 69.9 Å². The van der Waals surface area contributed by atoms with E-state index in [1.54, 1.807) is 12.4 Å². The van der Waals surface area contributed by atoms with Gasteiger partial charge in [-0.15, -0.1) is 0 Å². The lowest BCUT2D eigenvalue weighted by molar-refractivity contribution is -0.117. The molecule has 4 aromatic rings. The van der Waals surface area contributed by atoms with Crippen LogP contribution in [0.25, 0.3) is 21.8 Å². The number of rotatable bonds is 5. The summed E-state index contributed by atoms with van der Waals surface area (Å²) in [7, 11) is 0. The van der Waals surface area contributed by atoms with Crippen molar-refractivity contribution in [1.29, 1.82) is 0 Å². The Balaban J connectivity index is 0.000000158. The lowest BCUT2D eigenvalue weighted by atomic mass is 9.91. The zero-order valence-corrected chi connectivity index (χ0v) is 22.8. The van der Waals surface area contributed by atoms with Gasteiger partial charge in [-0.2, -0.15) is 0 Å². The minimum Gasteiger partial charge on any atom is -0.368 e. The average molecular weight is 527 g/mol. The molecule has 0 spiro atoms. The molecule has 202 valence electrons. The molecule has 2 aliphatic rings. The highest BCUT2D eigenvalue weighted by atomic mass is 16.2. The summed E-state index contributed by atoms with van der Waals surface area (Å²) in [6.07, 6.45) is 5.55. The van der Waals surface area contributed by atoms with Crippen molar-refractivity contribution in [3.05, 3.63) is 47.8 Å². The van der Waals surface area contributed by atoms with E-state index < -0.39 is 0 Å². The number of carbonyl (C=O) groups is 2. The molecule has 2 aliphatic heterocycles. The van der Waals surface area contributed by atoms with Gasteiger partial charge in [0, 0.05) is 60.2 Å². The second-order valence-electron chi connectivity index (χ2n) is 10.0. The van der Waals surface area contributed by atoms with E-state index >= 15 is 0 Å². The minimum absolute atomic E-state index is 0.0261. The van der Waals surface area contributed by atoms with Gasteiger partial charge < -0.3 is 21.3 Å². The number of pyridine rings is 4. The molecule has 0 fully saturated rings. The summed E-state index contributed by atoms with van der Waals surface area (Å²) < 4.78 is 0. The molecule has 10 nitrogen and oxygen atoms in total. The summed E-state index contributed by atoms with van der Waals surface area (Å²) in [6, 6.07) is 7.93. The molecule has 6 rings (SSSR count). The first-order valence-corrected chi connectivity index (χ1v) is 13.6. The van der Waals surface area contributed by atoms with Crippen LogP contribution in [-0.4, -0.2) is 44.8 Å². The van der Waals surface area contributed by atoms with Gasteiger partial charge in [-0.1, -0.05) is 32.9 Å². The smallest absolute Gasteiger partial charge is 0.226 e. The highest BCUT2D eigenvalue weighted by molar-refractivity contribution is 6.02. The summed E-state index contributed by atoms with van der Waals surface area (Å²) in [4.78, 5) is 41.3. The van der Waals surface area contributed by atoms with Crippen LogP contribution in [0, 0.1) is 0 Å². The number of aromatic nitrogens is 4. The van der Waals surface area contributed by atoms with Gasteiger partial charge in [-0.05, 0) is 37.3 Å². The Morgan fingerprint density at radius 2 is 1.28 bits per heavy atom. The van der Waals surface area contributed by atoms with Crippen molar-refractivity contribution in [2.24, 2.45) is 0 Å². The Hall–Kier alpha value is -4.34. The first kappa shape index (κ1) is 26.3. The maximum atomic E-state index is 11.7. The Labute approximate surface area is 227 Å². The molecule has 4 aromatic heterocycles. The molecule has 10 heteroatoms. The fourth-order valence-electron chi connectivity index (χ4n) is 5.30. The summed E-state index contributed by atoms with van der Waals surface area (Å²) in [5.74, 6) is 3.20. The molecule has 0 radical (unpaired) electrons. The Kier molecular flexibility index (Phi) is 7.53. The number of fused-ring (bicyclic) bond motifs is 6. The van der Waals surface area contributed by atoms with E-state index in [9.17, 15) is 9.59 Å². The van der Waals surface area contributed by atoms with E-state index in [0.717, 1.165) is 64.1 Å². The van der Waals surface area contributed by atoms with Crippen molar-refractivity contribution in [1.82, 2.24) is 19.9 Å². The van der Waals surface area contributed by atoms with Crippen molar-refractivity contribution in [3.8, 4) is 0 Å². The maximum Gasteiger partial charge on any atom is 0.226 e. The summed E-state index contributed by atoms with van der Waals surface area (Å²) >= 11 is 0. The Bertz CT molecular complexity index is 1550. The lowest BCUT2D eigenvalue weighted by Gasteiger charge is -2.24. The largest absolute Gasteiger partial charge is 0.368 e. The average Bonchev–Trinajstić information content (AvgIpc) is 2.91. The van der Waals surface area contributed by atoms with Crippen LogP contribution in [0.2, 0.25) is 0 Å². The van der Waals surface area contributed by atoms with Crippen molar-refractivity contribution in [2.45, 2.75) is 58.8 Å². The van der Waals surface area contributed by atoms with E-state index in [4.69, 9.17) is 0 Å². The molecule has 39 heavy (non-hydrogen) atoms. The predicted molar refractivity (Wildman–Crippen MR) is 155 cm³/mol. The topological polar surface area (TPSA) is 134 Å². The van der Waals surface area contributed by atoms with Gasteiger partial charge in [0.2, 0.25) is 11.8 Å². The highest BCUT2D eigenvalue weighted by Gasteiger charge is 2.27. The first-order chi connectivity index (χ1) is 18.9. The van der Waals surface area contributed by atoms with Crippen molar-refractivity contribution in [2.75, 3.05) is 34.4 Å². The van der Waals surface area contributed by atoms with Crippen LogP contribution < -0.4 is 21.3 Å². The lowest BCUT2D eigenvalue weighted by Crippen LogP contribution is -2.23. The van der Waals surface area contributed by atoms with E-state index in [1.165, 1.54) is 0 Å². The maximum absolute atomic E-state index is 11.7. The van der Waals surface area contributed by atoms with Crippen molar-refractivity contribution < 1.29 is 9.59 Å². The summed E-state index contributed by atoms with van der Waals surface area (Å²) in [5.41, 5.74) is 3.92. The van der Waals surface area contributed by atoms with Crippen LogP contribution in [-0.2, 0) is 9.59 Å². The Morgan fingerprint density at radius 1 is 0.795 bits per heavy atom. The summed E-state index contributed by atoms with van der Waals surface area (Å²) in [5, 5.41) is 14.4. The number of anilines is 4. The van der Waals surface area contributed by atoms with Crippen molar-refractivity contribution in [3.63, 3.8) is 0 Å². The van der Waals surface area contributed by atoms with Gasteiger partial charge in [-0.3, -0.25) is 19.6 Å². The molecule has 0 aliphatic carbocycles. The van der Waals surface area contributed by atoms with Gasteiger partial charge >= 0.3 is 0 Å². The molecule has 0 aromatic carbocycles. The van der Waals surface area contributed by atoms with E-state index in [1.807, 2.05) is 31.2 Å². The second-order valence-corrected chi connectivity index (χ2v) is 10.0. The Morgan fingerprint density at radius 3 is 1.74 bits per heavy atom. The van der Waals surface area contributed by atoms with Gasteiger partial charge in [0.1, 0.15) is 22.7 Å². The van der Waals surface area contributed by atoms with Crippen LogP contribution in [0.15, 0.2) is 36.7 Å². The number of nitrogens with one attached hydrogen (secondary N) is 4. The van der Waals surface area contributed by atoms with Gasteiger partial charge in [0.25, 0.3) is 0 Å².